The van der Waals surface area contributed by atoms with E-state index in [4.69, 9.17) is 4.74 Å². The summed E-state index contributed by atoms with van der Waals surface area (Å²) in [6.07, 6.45) is 20.4. The van der Waals surface area contributed by atoms with E-state index in [1.165, 1.54) is 89.9 Å². The van der Waals surface area contributed by atoms with Crippen molar-refractivity contribution >= 4 is 0 Å². The third-order valence-corrected chi connectivity index (χ3v) is 8.40. The van der Waals surface area contributed by atoms with Gasteiger partial charge in [0.05, 0.1) is 12.7 Å². The van der Waals surface area contributed by atoms with Gasteiger partial charge in [0.2, 0.25) is 0 Å². The van der Waals surface area contributed by atoms with Crippen molar-refractivity contribution in [1.29, 1.82) is 0 Å². The Balaban J connectivity index is 1.25. The maximum atomic E-state index is 12.2. The summed E-state index contributed by atoms with van der Waals surface area (Å²) in [6, 6.07) is 0. The number of ether oxygens (including phenoxy) is 1. The molecule has 3 fully saturated rings. The maximum Gasteiger partial charge on any atom is 0.266 e. The number of rotatable bonds is 9. The van der Waals surface area contributed by atoms with E-state index in [0.717, 1.165) is 42.8 Å². The van der Waals surface area contributed by atoms with Crippen molar-refractivity contribution in [2.24, 2.45) is 29.6 Å². The van der Waals surface area contributed by atoms with Crippen LogP contribution in [0.25, 0.3) is 0 Å². The van der Waals surface area contributed by atoms with Crippen LogP contribution in [0.5, 0.6) is 0 Å². The highest BCUT2D eigenvalue weighted by Crippen LogP contribution is 2.40. The van der Waals surface area contributed by atoms with Crippen LogP contribution >= 0.6 is 0 Å². The molecule has 3 rings (SSSR count). The monoisotopic (exact) mass is 410 g/mol. The fraction of sp³-hybridized carbons (Fsp3) is 0.923. The van der Waals surface area contributed by atoms with Crippen LogP contribution in [0.2, 0.25) is 0 Å². The van der Waals surface area contributed by atoms with Crippen molar-refractivity contribution in [3.8, 4) is 0 Å². The van der Waals surface area contributed by atoms with Gasteiger partial charge < -0.3 is 4.74 Å². The van der Waals surface area contributed by atoms with Crippen LogP contribution in [0.15, 0.2) is 12.2 Å². The first-order chi connectivity index (χ1) is 14.1. The molecule has 0 aromatic heterocycles. The van der Waals surface area contributed by atoms with Crippen molar-refractivity contribution in [3.63, 3.8) is 0 Å². The predicted octanol–water partition coefficient (Wildman–Crippen LogP) is 8.54. The van der Waals surface area contributed by atoms with Crippen LogP contribution in [0.4, 0.5) is 8.78 Å². The molecule has 1 heterocycles. The number of halogens is 2. The molecule has 0 amide bonds. The topological polar surface area (TPSA) is 9.23 Å². The molecule has 0 N–H and O–H groups in total. The molecule has 1 saturated heterocycles. The quantitative estimate of drug-likeness (QED) is 0.370. The van der Waals surface area contributed by atoms with Crippen molar-refractivity contribution in [1.82, 2.24) is 0 Å². The fourth-order valence-corrected chi connectivity index (χ4v) is 6.44. The molecule has 0 radical (unpaired) electrons. The zero-order valence-electron chi connectivity index (χ0n) is 18.7. The first-order valence-corrected chi connectivity index (χ1v) is 12.8. The van der Waals surface area contributed by atoms with Gasteiger partial charge in [-0.2, -0.15) is 8.78 Å². The zero-order valence-corrected chi connectivity index (χ0v) is 18.7. The molecule has 1 aliphatic heterocycles. The summed E-state index contributed by atoms with van der Waals surface area (Å²) < 4.78 is 30.6. The Bertz CT molecular complexity index is 463. The predicted molar refractivity (Wildman–Crippen MR) is 117 cm³/mol. The highest BCUT2D eigenvalue weighted by molar-refractivity contribution is 4.84. The van der Waals surface area contributed by atoms with E-state index in [0.29, 0.717) is 18.4 Å². The third-order valence-electron chi connectivity index (χ3n) is 8.40. The van der Waals surface area contributed by atoms with E-state index in [1.807, 2.05) is 0 Å². The van der Waals surface area contributed by atoms with E-state index in [2.05, 4.69) is 6.92 Å². The van der Waals surface area contributed by atoms with Gasteiger partial charge in [0.15, 0.2) is 0 Å². The van der Waals surface area contributed by atoms with Gasteiger partial charge in [-0.05, 0) is 87.0 Å². The molecule has 3 heteroatoms. The average molecular weight is 411 g/mol. The second-order valence-corrected chi connectivity index (χ2v) is 10.4. The molecule has 0 aromatic carbocycles. The van der Waals surface area contributed by atoms with Gasteiger partial charge in [-0.1, -0.05) is 58.3 Å². The van der Waals surface area contributed by atoms with Crippen LogP contribution in [-0.2, 0) is 4.74 Å². The highest BCUT2D eigenvalue weighted by Gasteiger charge is 2.31. The van der Waals surface area contributed by atoms with Gasteiger partial charge in [0.25, 0.3) is 6.08 Å². The maximum absolute atomic E-state index is 12.2. The van der Waals surface area contributed by atoms with Gasteiger partial charge in [-0.15, -0.1) is 0 Å². The molecule has 2 saturated carbocycles. The van der Waals surface area contributed by atoms with Crippen LogP contribution < -0.4 is 0 Å². The SMILES string of the molecule is CCCC1CCC(C2CCC(CCC3CCC(CCC=C(F)F)CC3)OC2)CC1. The van der Waals surface area contributed by atoms with Crippen LogP contribution in [-0.4, -0.2) is 12.7 Å². The van der Waals surface area contributed by atoms with Gasteiger partial charge >= 0.3 is 0 Å². The van der Waals surface area contributed by atoms with Crippen molar-refractivity contribution < 1.29 is 13.5 Å². The first kappa shape index (κ1) is 23.2. The first-order valence-electron chi connectivity index (χ1n) is 12.8. The van der Waals surface area contributed by atoms with E-state index >= 15 is 0 Å². The standard InChI is InChI=1S/C26H44F2O/c1-2-4-20-11-14-23(15-12-20)24-16-18-25(29-19-24)17-13-22-9-7-21(8-10-22)5-3-6-26(27)28/h6,20-25H,2-5,7-19H2,1H3. The van der Waals surface area contributed by atoms with E-state index in [9.17, 15) is 8.78 Å². The summed E-state index contributed by atoms with van der Waals surface area (Å²) in [6.45, 7) is 3.33. The Morgan fingerprint density at radius 3 is 1.90 bits per heavy atom. The lowest BCUT2D eigenvalue weighted by Crippen LogP contribution is -2.32. The molecule has 0 aromatic rings. The summed E-state index contributed by atoms with van der Waals surface area (Å²) in [7, 11) is 0. The van der Waals surface area contributed by atoms with E-state index in [-0.39, 0.29) is 0 Å². The molecule has 1 nitrogen and oxygen atoms in total. The lowest BCUT2D eigenvalue weighted by Gasteiger charge is -2.38. The minimum absolute atomic E-state index is 0.498. The lowest BCUT2D eigenvalue weighted by atomic mass is 9.72. The Morgan fingerprint density at radius 1 is 0.724 bits per heavy atom. The molecule has 29 heavy (non-hydrogen) atoms. The molecule has 0 bridgehead atoms. The largest absolute Gasteiger partial charge is 0.378 e. The average Bonchev–Trinajstić information content (AvgIpc) is 2.74. The van der Waals surface area contributed by atoms with Crippen molar-refractivity contribution in [2.45, 2.75) is 116 Å². The Labute approximate surface area is 178 Å². The lowest BCUT2D eigenvalue weighted by molar-refractivity contribution is -0.0448. The normalized spacial score (nSPS) is 36.0. The third kappa shape index (κ3) is 7.96. The van der Waals surface area contributed by atoms with Crippen LogP contribution in [0, 0.1) is 29.6 Å². The minimum atomic E-state index is -1.52. The van der Waals surface area contributed by atoms with Crippen molar-refractivity contribution in [3.05, 3.63) is 12.2 Å². The van der Waals surface area contributed by atoms with E-state index < -0.39 is 6.08 Å². The van der Waals surface area contributed by atoms with Crippen LogP contribution in [0.1, 0.15) is 110 Å². The van der Waals surface area contributed by atoms with Gasteiger partial charge in [-0.25, -0.2) is 0 Å². The van der Waals surface area contributed by atoms with Gasteiger partial charge in [-0.3, -0.25) is 0 Å². The van der Waals surface area contributed by atoms with Gasteiger partial charge in [0, 0.05) is 0 Å². The van der Waals surface area contributed by atoms with Crippen LogP contribution in [0.3, 0.4) is 0 Å². The molecular formula is C26H44F2O. The summed E-state index contributed by atoms with van der Waals surface area (Å²) in [5.41, 5.74) is 0. The minimum Gasteiger partial charge on any atom is -0.378 e. The molecule has 2 aliphatic carbocycles. The van der Waals surface area contributed by atoms with E-state index in [1.54, 1.807) is 0 Å². The second-order valence-electron chi connectivity index (χ2n) is 10.4. The fourth-order valence-electron chi connectivity index (χ4n) is 6.44. The Kier molecular flexibility index (Phi) is 9.95. The summed E-state index contributed by atoms with van der Waals surface area (Å²) in [5, 5.41) is 0. The Morgan fingerprint density at radius 2 is 1.31 bits per heavy atom. The highest BCUT2D eigenvalue weighted by atomic mass is 19.3. The summed E-state index contributed by atoms with van der Waals surface area (Å²) in [4.78, 5) is 0. The molecule has 2 unspecified atom stereocenters. The molecule has 168 valence electrons. The molecule has 0 spiro atoms. The Hall–Kier alpha value is -0.440. The molecule has 2 atom stereocenters. The number of hydrogen-bond acceptors (Lipinski definition) is 1. The van der Waals surface area contributed by atoms with Gasteiger partial charge in [0.1, 0.15) is 0 Å². The second kappa shape index (κ2) is 12.4. The zero-order chi connectivity index (χ0) is 20.5. The van der Waals surface area contributed by atoms with Crippen molar-refractivity contribution in [2.75, 3.05) is 6.61 Å². The number of allylic oxidation sites excluding steroid dienone is 1. The smallest absolute Gasteiger partial charge is 0.266 e. The molecular weight excluding hydrogens is 366 g/mol. The number of hydrogen-bond donors (Lipinski definition) is 0. The summed E-state index contributed by atoms with van der Waals surface area (Å²) >= 11 is 0. The molecule has 3 aliphatic rings. The summed E-state index contributed by atoms with van der Waals surface area (Å²) in [5.74, 6) is 4.27.